The fraction of sp³-hybridized carbons (Fsp3) is 0.118. The molecule has 2 aromatic carbocycles. The van der Waals surface area contributed by atoms with Crippen LogP contribution in [0.5, 0.6) is 5.75 Å². The second kappa shape index (κ2) is 5.92. The van der Waals surface area contributed by atoms with Crippen LogP contribution in [-0.4, -0.2) is 22.8 Å². The van der Waals surface area contributed by atoms with Crippen molar-refractivity contribution in [3.05, 3.63) is 58.1 Å². The number of hydrogen-bond donors (Lipinski definition) is 1. The number of H-pyrrole nitrogens is 1. The number of benzene rings is 2. The molecule has 0 unspecified atom stereocenters. The highest BCUT2D eigenvalue weighted by Crippen LogP contribution is 2.32. The smallest absolute Gasteiger partial charge is 0.270 e. The summed E-state index contributed by atoms with van der Waals surface area (Å²) in [5.74, 6) is 0.746. The van der Waals surface area contributed by atoms with E-state index in [1.54, 1.807) is 6.07 Å². The third kappa shape index (κ3) is 2.66. The van der Waals surface area contributed by atoms with E-state index in [4.69, 9.17) is 4.74 Å². The van der Waals surface area contributed by atoms with Gasteiger partial charge in [0.05, 0.1) is 17.2 Å². The minimum Gasteiger partial charge on any atom is -0.494 e. The molecule has 0 atom stereocenters. The van der Waals surface area contributed by atoms with E-state index in [0.717, 1.165) is 11.3 Å². The van der Waals surface area contributed by atoms with Crippen LogP contribution >= 0.6 is 0 Å². The van der Waals surface area contributed by atoms with Gasteiger partial charge in [0.2, 0.25) is 0 Å². The van der Waals surface area contributed by atoms with Crippen LogP contribution in [0.2, 0.25) is 0 Å². The molecule has 0 aliphatic rings. The molecule has 1 heterocycles. The lowest BCUT2D eigenvalue weighted by Crippen LogP contribution is -1.91. The molecule has 116 valence electrons. The molecule has 0 amide bonds. The van der Waals surface area contributed by atoms with Crippen LogP contribution in [0, 0.1) is 10.1 Å². The molecule has 23 heavy (non-hydrogen) atoms. The molecule has 0 aliphatic heterocycles. The summed E-state index contributed by atoms with van der Waals surface area (Å²) in [5.41, 5.74) is 2.50. The first-order chi connectivity index (χ1) is 11.1. The second-order valence-corrected chi connectivity index (χ2v) is 4.98. The SMILES string of the molecule is CCOc1ccc(-c2[nH]c3ccc([N+](=O)[O-])cc3c2C=O)cc1. The van der Waals surface area contributed by atoms with Gasteiger partial charge in [-0.1, -0.05) is 0 Å². The Balaban J connectivity index is 2.13. The van der Waals surface area contributed by atoms with Crippen molar-refractivity contribution in [3.63, 3.8) is 0 Å². The number of nitrogens with zero attached hydrogens (tertiary/aromatic N) is 1. The summed E-state index contributed by atoms with van der Waals surface area (Å²) in [7, 11) is 0. The molecule has 3 rings (SSSR count). The minimum absolute atomic E-state index is 0.0437. The van der Waals surface area contributed by atoms with Gasteiger partial charge in [0.15, 0.2) is 6.29 Å². The van der Waals surface area contributed by atoms with Gasteiger partial charge in [0, 0.05) is 28.6 Å². The molecule has 3 aromatic rings. The maximum absolute atomic E-state index is 11.5. The van der Waals surface area contributed by atoms with E-state index in [0.29, 0.717) is 35.1 Å². The first kappa shape index (κ1) is 14.8. The van der Waals surface area contributed by atoms with Crippen LogP contribution < -0.4 is 4.74 Å². The lowest BCUT2D eigenvalue weighted by atomic mass is 10.1. The Morgan fingerprint density at radius 1 is 1.22 bits per heavy atom. The van der Waals surface area contributed by atoms with E-state index in [-0.39, 0.29) is 5.69 Å². The summed E-state index contributed by atoms with van der Waals surface area (Å²) in [6.07, 6.45) is 0.717. The molecule has 6 nitrogen and oxygen atoms in total. The first-order valence-corrected chi connectivity index (χ1v) is 7.12. The van der Waals surface area contributed by atoms with Gasteiger partial charge in [-0.3, -0.25) is 14.9 Å². The van der Waals surface area contributed by atoms with E-state index in [1.165, 1.54) is 12.1 Å². The van der Waals surface area contributed by atoms with Crippen molar-refractivity contribution >= 4 is 22.9 Å². The molecular formula is C17H14N2O4. The van der Waals surface area contributed by atoms with Crippen LogP contribution in [0.3, 0.4) is 0 Å². The summed E-state index contributed by atoms with van der Waals surface area (Å²) in [5, 5.41) is 11.5. The quantitative estimate of drug-likeness (QED) is 0.439. The summed E-state index contributed by atoms with van der Waals surface area (Å²) >= 11 is 0. The topological polar surface area (TPSA) is 85.2 Å². The minimum atomic E-state index is -0.475. The van der Waals surface area contributed by atoms with Gasteiger partial charge in [0.25, 0.3) is 5.69 Å². The number of aromatic amines is 1. The number of ether oxygens (including phenoxy) is 1. The summed E-state index contributed by atoms with van der Waals surface area (Å²) in [6, 6.07) is 11.8. The standard InChI is InChI=1S/C17H14N2O4/c1-2-23-13-6-3-11(4-7-13)17-15(10-20)14-9-12(19(21)22)5-8-16(14)18-17/h3-10,18H,2H2,1H3. The van der Waals surface area contributed by atoms with Gasteiger partial charge in [-0.15, -0.1) is 0 Å². The number of rotatable bonds is 5. The predicted octanol–water partition coefficient (Wildman–Crippen LogP) is 3.95. The molecule has 0 bridgehead atoms. The second-order valence-electron chi connectivity index (χ2n) is 4.98. The average molecular weight is 310 g/mol. The van der Waals surface area contributed by atoms with Crippen LogP contribution in [0.4, 0.5) is 5.69 Å². The van der Waals surface area contributed by atoms with Crippen molar-refractivity contribution in [1.29, 1.82) is 0 Å². The predicted molar refractivity (Wildman–Crippen MR) is 86.9 cm³/mol. The Morgan fingerprint density at radius 2 is 1.96 bits per heavy atom. The van der Waals surface area contributed by atoms with Crippen molar-refractivity contribution in [3.8, 4) is 17.0 Å². The third-order valence-corrected chi connectivity index (χ3v) is 3.60. The number of nitro groups is 1. The lowest BCUT2D eigenvalue weighted by molar-refractivity contribution is -0.384. The maximum Gasteiger partial charge on any atom is 0.270 e. The highest BCUT2D eigenvalue weighted by Gasteiger charge is 2.16. The zero-order valence-corrected chi connectivity index (χ0v) is 12.4. The zero-order valence-electron chi connectivity index (χ0n) is 12.4. The van der Waals surface area contributed by atoms with Crippen LogP contribution in [0.25, 0.3) is 22.2 Å². The summed E-state index contributed by atoms with van der Waals surface area (Å²) in [6.45, 7) is 2.48. The number of carbonyl (C=O) groups excluding carboxylic acids is 1. The van der Waals surface area contributed by atoms with E-state index in [2.05, 4.69) is 4.98 Å². The number of fused-ring (bicyclic) bond motifs is 1. The number of hydrogen-bond acceptors (Lipinski definition) is 4. The molecule has 0 spiro atoms. The van der Waals surface area contributed by atoms with Crippen LogP contribution in [0.15, 0.2) is 42.5 Å². The molecule has 0 fully saturated rings. The first-order valence-electron chi connectivity index (χ1n) is 7.12. The van der Waals surface area contributed by atoms with Gasteiger partial charge in [-0.25, -0.2) is 0 Å². The van der Waals surface area contributed by atoms with Crippen LogP contribution in [0.1, 0.15) is 17.3 Å². The van der Waals surface area contributed by atoms with Crippen molar-refractivity contribution in [1.82, 2.24) is 4.98 Å². The molecule has 6 heteroatoms. The Morgan fingerprint density at radius 3 is 2.57 bits per heavy atom. The largest absolute Gasteiger partial charge is 0.494 e. The van der Waals surface area contributed by atoms with Gasteiger partial charge >= 0.3 is 0 Å². The highest BCUT2D eigenvalue weighted by molar-refractivity contribution is 6.05. The number of nitro benzene ring substituents is 1. The Kier molecular flexibility index (Phi) is 3.80. The Labute approximate surface area is 131 Å². The molecule has 0 aliphatic carbocycles. The van der Waals surface area contributed by atoms with Gasteiger partial charge in [-0.05, 0) is 42.8 Å². The van der Waals surface area contributed by atoms with Crippen molar-refractivity contribution in [2.24, 2.45) is 0 Å². The van der Waals surface area contributed by atoms with Gasteiger partial charge < -0.3 is 9.72 Å². The monoisotopic (exact) mass is 310 g/mol. The third-order valence-electron chi connectivity index (χ3n) is 3.60. The van der Waals surface area contributed by atoms with Crippen LogP contribution in [-0.2, 0) is 0 Å². The molecule has 0 radical (unpaired) electrons. The van der Waals surface area contributed by atoms with Crippen molar-refractivity contribution < 1.29 is 14.5 Å². The van der Waals surface area contributed by atoms with Crippen molar-refractivity contribution in [2.75, 3.05) is 6.61 Å². The van der Waals surface area contributed by atoms with E-state index in [1.807, 2.05) is 31.2 Å². The maximum atomic E-state index is 11.5. The fourth-order valence-corrected chi connectivity index (χ4v) is 2.55. The van der Waals surface area contributed by atoms with E-state index >= 15 is 0 Å². The molecular weight excluding hydrogens is 296 g/mol. The van der Waals surface area contributed by atoms with Gasteiger partial charge in [0.1, 0.15) is 5.75 Å². The number of aldehydes is 1. The number of aromatic nitrogens is 1. The van der Waals surface area contributed by atoms with Crippen molar-refractivity contribution in [2.45, 2.75) is 6.92 Å². The summed E-state index contributed by atoms with van der Waals surface area (Å²) in [4.78, 5) is 25.1. The Bertz CT molecular complexity index is 881. The summed E-state index contributed by atoms with van der Waals surface area (Å²) < 4.78 is 5.40. The number of non-ortho nitro benzene ring substituents is 1. The lowest BCUT2D eigenvalue weighted by Gasteiger charge is -2.04. The number of nitrogens with one attached hydrogen (secondary N) is 1. The Hall–Kier alpha value is -3.15. The number of carbonyl (C=O) groups is 1. The normalized spacial score (nSPS) is 10.7. The average Bonchev–Trinajstić information content (AvgIpc) is 2.93. The van der Waals surface area contributed by atoms with E-state index in [9.17, 15) is 14.9 Å². The zero-order chi connectivity index (χ0) is 16.4. The fourth-order valence-electron chi connectivity index (χ4n) is 2.55. The molecule has 0 saturated heterocycles. The molecule has 1 aromatic heterocycles. The molecule has 0 saturated carbocycles. The van der Waals surface area contributed by atoms with Gasteiger partial charge in [-0.2, -0.15) is 0 Å². The highest BCUT2D eigenvalue weighted by atomic mass is 16.6. The molecule has 1 N–H and O–H groups in total. The van der Waals surface area contributed by atoms with E-state index < -0.39 is 4.92 Å².